The molecular formula is C23H22N2O3. The highest BCUT2D eigenvalue weighted by Crippen LogP contribution is 2.21. The Morgan fingerprint density at radius 1 is 0.964 bits per heavy atom. The van der Waals surface area contributed by atoms with Gasteiger partial charge in [0, 0.05) is 0 Å². The number of rotatable bonds is 7. The SMILES string of the molecule is Cc1ccc(OCC(=O)N/N=C/c2cccc(Oc3ccccc3)c2)c(C)c1. The Hall–Kier alpha value is -3.60. The second-order valence-corrected chi connectivity index (χ2v) is 6.34. The van der Waals surface area contributed by atoms with E-state index in [0.29, 0.717) is 11.5 Å². The van der Waals surface area contributed by atoms with Gasteiger partial charge in [0.05, 0.1) is 6.21 Å². The van der Waals surface area contributed by atoms with Gasteiger partial charge in [-0.3, -0.25) is 4.79 Å². The van der Waals surface area contributed by atoms with Crippen LogP contribution >= 0.6 is 0 Å². The van der Waals surface area contributed by atoms with Crippen LogP contribution in [0.3, 0.4) is 0 Å². The monoisotopic (exact) mass is 374 g/mol. The van der Waals surface area contributed by atoms with Crippen LogP contribution in [0.2, 0.25) is 0 Å². The van der Waals surface area contributed by atoms with E-state index in [-0.39, 0.29) is 12.5 Å². The minimum absolute atomic E-state index is 0.0988. The molecule has 0 radical (unpaired) electrons. The van der Waals surface area contributed by atoms with E-state index in [1.165, 1.54) is 0 Å². The molecule has 0 saturated heterocycles. The molecule has 0 atom stereocenters. The fourth-order valence-corrected chi connectivity index (χ4v) is 2.60. The molecular weight excluding hydrogens is 352 g/mol. The van der Waals surface area contributed by atoms with Crippen LogP contribution in [-0.4, -0.2) is 18.7 Å². The summed E-state index contributed by atoms with van der Waals surface area (Å²) in [5.41, 5.74) is 5.42. The molecule has 5 nitrogen and oxygen atoms in total. The van der Waals surface area contributed by atoms with Crippen molar-refractivity contribution < 1.29 is 14.3 Å². The summed E-state index contributed by atoms with van der Waals surface area (Å²) >= 11 is 0. The van der Waals surface area contributed by atoms with Crippen LogP contribution in [0, 0.1) is 13.8 Å². The predicted molar refractivity (Wildman–Crippen MR) is 110 cm³/mol. The van der Waals surface area contributed by atoms with Gasteiger partial charge in [-0.1, -0.05) is 48.0 Å². The van der Waals surface area contributed by atoms with Crippen molar-refractivity contribution in [1.29, 1.82) is 0 Å². The van der Waals surface area contributed by atoms with E-state index in [2.05, 4.69) is 10.5 Å². The number of hydrogen-bond acceptors (Lipinski definition) is 4. The molecule has 0 heterocycles. The Bertz CT molecular complexity index is 969. The van der Waals surface area contributed by atoms with Gasteiger partial charge in [0.25, 0.3) is 5.91 Å². The standard InChI is InChI=1S/C23H22N2O3/c1-17-11-12-22(18(2)13-17)27-16-23(26)25-24-15-19-7-6-10-21(14-19)28-20-8-4-3-5-9-20/h3-15H,16H2,1-2H3,(H,25,26)/b24-15+. The van der Waals surface area contributed by atoms with Gasteiger partial charge in [-0.25, -0.2) is 5.43 Å². The number of hydrazone groups is 1. The summed E-state index contributed by atoms with van der Waals surface area (Å²) < 4.78 is 11.3. The Kier molecular flexibility index (Phi) is 6.41. The molecule has 3 aromatic carbocycles. The van der Waals surface area contributed by atoms with Crippen LogP contribution in [0.4, 0.5) is 0 Å². The molecule has 28 heavy (non-hydrogen) atoms. The maximum absolute atomic E-state index is 11.9. The quantitative estimate of drug-likeness (QED) is 0.485. The van der Waals surface area contributed by atoms with Crippen LogP contribution in [0.25, 0.3) is 0 Å². The average Bonchev–Trinajstić information content (AvgIpc) is 2.68. The molecule has 0 aliphatic heterocycles. The van der Waals surface area contributed by atoms with Gasteiger partial charge in [0.1, 0.15) is 17.2 Å². The van der Waals surface area contributed by atoms with E-state index in [9.17, 15) is 4.79 Å². The zero-order chi connectivity index (χ0) is 19.8. The lowest BCUT2D eigenvalue weighted by Crippen LogP contribution is -2.24. The Labute approximate surface area is 164 Å². The first kappa shape index (κ1) is 19.2. The third-order valence-electron chi connectivity index (χ3n) is 3.93. The number of amides is 1. The first-order valence-corrected chi connectivity index (χ1v) is 8.95. The first-order chi connectivity index (χ1) is 13.6. The number of aryl methyl sites for hydroxylation is 2. The van der Waals surface area contributed by atoms with Gasteiger partial charge < -0.3 is 9.47 Å². The largest absolute Gasteiger partial charge is 0.483 e. The number of nitrogens with one attached hydrogen (secondary N) is 1. The van der Waals surface area contributed by atoms with Crippen molar-refractivity contribution in [2.45, 2.75) is 13.8 Å². The van der Waals surface area contributed by atoms with E-state index < -0.39 is 0 Å². The smallest absolute Gasteiger partial charge is 0.277 e. The average molecular weight is 374 g/mol. The molecule has 3 rings (SSSR count). The van der Waals surface area contributed by atoms with Gasteiger partial charge in [-0.15, -0.1) is 0 Å². The molecule has 0 fully saturated rings. The third-order valence-corrected chi connectivity index (χ3v) is 3.93. The summed E-state index contributed by atoms with van der Waals surface area (Å²) in [5, 5.41) is 3.98. The summed E-state index contributed by atoms with van der Waals surface area (Å²) in [6.45, 7) is 3.86. The lowest BCUT2D eigenvalue weighted by molar-refractivity contribution is -0.123. The summed E-state index contributed by atoms with van der Waals surface area (Å²) in [5.74, 6) is 1.82. The van der Waals surface area contributed by atoms with Gasteiger partial charge in [-0.05, 0) is 55.3 Å². The zero-order valence-corrected chi connectivity index (χ0v) is 15.9. The molecule has 0 aliphatic rings. The fraction of sp³-hybridized carbons (Fsp3) is 0.130. The number of para-hydroxylation sites is 1. The summed E-state index contributed by atoms with van der Waals surface area (Å²) in [6.07, 6.45) is 1.56. The van der Waals surface area contributed by atoms with Crippen molar-refractivity contribution >= 4 is 12.1 Å². The van der Waals surface area contributed by atoms with Crippen LogP contribution in [0.15, 0.2) is 77.9 Å². The zero-order valence-electron chi connectivity index (χ0n) is 15.9. The van der Waals surface area contributed by atoms with Crippen LogP contribution < -0.4 is 14.9 Å². The number of benzene rings is 3. The van der Waals surface area contributed by atoms with Crippen molar-refractivity contribution in [2.24, 2.45) is 5.10 Å². The van der Waals surface area contributed by atoms with E-state index in [1.54, 1.807) is 6.21 Å². The second kappa shape index (κ2) is 9.37. The first-order valence-electron chi connectivity index (χ1n) is 8.95. The number of hydrogen-bond donors (Lipinski definition) is 1. The molecule has 0 saturated carbocycles. The molecule has 1 N–H and O–H groups in total. The molecule has 0 aromatic heterocycles. The minimum atomic E-state index is -0.326. The number of ether oxygens (including phenoxy) is 2. The highest BCUT2D eigenvalue weighted by Gasteiger charge is 2.04. The van der Waals surface area contributed by atoms with E-state index in [4.69, 9.17) is 9.47 Å². The lowest BCUT2D eigenvalue weighted by atomic mass is 10.1. The molecule has 3 aromatic rings. The number of carbonyl (C=O) groups excluding carboxylic acids is 1. The van der Waals surface area contributed by atoms with Crippen molar-refractivity contribution in [3.05, 3.63) is 89.5 Å². The Balaban J connectivity index is 1.51. The molecule has 142 valence electrons. The molecule has 5 heteroatoms. The summed E-state index contributed by atoms with van der Waals surface area (Å²) in [4.78, 5) is 11.9. The topological polar surface area (TPSA) is 59.9 Å². The van der Waals surface area contributed by atoms with Crippen LogP contribution in [0.5, 0.6) is 17.2 Å². The second-order valence-electron chi connectivity index (χ2n) is 6.34. The summed E-state index contributed by atoms with van der Waals surface area (Å²) in [6, 6.07) is 22.8. The molecule has 1 amide bonds. The highest BCUT2D eigenvalue weighted by molar-refractivity contribution is 5.83. The van der Waals surface area contributed by atoms with Gasteiger partial charge >= 0.3 is 0 Å². The lowest BCUT2D eigenvalue weighted by Gasteiger charge is -2.08. The van der Waals surface area contributed by atoms with Crippen molar-refractivity contribution in [3.63, 3.8) is 0 Å². The van der Waals surface area contributed by atoms with E-state index in [0.717, 1.165) is 22.4 Å². The van der Waals surface area contributed by atoms with Gasteiger partial charge in [0.2, 0.25) is 0 Å². The maximum atomic E-state index is 11.9. The molecule has 0 unspecified atom stereocenters. The third kappa shape index (κ3) is 5.71. The van der Waals surface area contributed by atoms with Crippen LogP contribution in [-0.2, 0) is 4.79 Å². The van der Waals surface area contributed by atoms with Crippen molar-refractivity contribution in [3.8, 4) is 17.2 Å². The highest BCUT2D eigenvalue weighted by atomic mass is 16.5. The van der Waals surface area contributed by atoms with Crippen molar-refractivity contribution in [1.82, 2.24) is 5.43 Å². The van der Waals surface area contributed by atoms with Crippen molar-refractivity contribution in [2.75, 3.05) is 6.61 Å². The Morgan fingerprint density at radius 2 is 1.75 bits per heavy atom. The fourth-order valence-electron chi connectivity index (χ4n) is 2.60. The van der Waals surface area contributed by atoms with Gasteiger partial charge in [-0.2, -0.15) is 5.10 Å². The normalized spacial score (nSPS) is 10.6. The summed E-state index contributed by atoms with van der Waals surface area (Å²) in [7, 11) is 0. The molecule has 0 spiro atoms. The van der Waals surface area contributed by atoms with E-state index >= 15 is 0 Å². The molecule has 0 bridgehead atoms. The van der Waals surface area contributed by atoms with Gasteiger partial charge in [0.15, 0.2) is 6.61 Å². The minimum Gasteiger partial charge on any atom is -0.483 e. The Morgan fingerprint density at radius 3 is 2.54 bits per heavy atom. The number of carbonyl (C=O) groups is 1. The van der Waals surface area contributed by atoms with E-state index in [1.807, 2.05) is 86.6 Å². The number of nitrogens with zero attached hydrogens (tertiary/aromatic N) is 1. The predicted octanol–water partition coefficient (Wildman–Crippen LogP) is 4.62. The molecule has 0 aliphatic carbocycles. The van der Waals surface area contributed by atoms with Crippen LogP contribution in [0.1, 0.15) is 16.7 Å². The maximum Gasteiger partial charge on any atom is 0.277 e.